The van der Waals surface area contributed by atoms with Crippen LogP contribution in [0.15, 0.2) is 27.2 Å². The highest BCUT2D eigenvalue weighted by Gasteiger charge is 2.16. The summed E-state index contributed by atoms with van der Waals surface area (Å²) in [4.78, 5) is 4.28. The third-order valence-corrected chi connectivity index (χ3v) is 3.80. The first-order valence-electron chi connectivity index (χ1n) is 6.24. The SMILES string of the molecule is CCCOCC(N)c1noc(-c2ccc(Cl)c(Br)c2)n1. The van der Waals surface area contributed by atoms with Crippen LogP contribution in [0.5, 0.6) is 0 Å². The van der Waals surface area contributed by atoms with Gasteiger partial charge >= 0.3 is 0 Å². The molecular formula is C13H15BrClN3O2. The molecule has 1 heterocycles. The van der Waals surface area contributed by atoms with Gasteiger partial charge in [0, 0.05) is 16.6 Å². The predicted octanol–water partition coefficient (Wildman–Crippen LogP) is 3.58. The first-order valence-corrected chi connectivity index (χ1v) is 7.41. The standard InChI is InChI=1S/C13H15BrClN3O2/c1-2-5-19-7-11(16)12-17-13(20-18-12)8-3-4-10(15)9(14)6-8/h3-4,6,11H,2,5,7,16H2,1H3. The maximum absolute atomic E-state index is 5.94. The van der Waals surface area contributed by atoms with Crippen LogP contribution in [0.2, 0.25) is 5.02 Å². The number of nitrogens with zero attached hydrogens (tertiary/aromatic N) is 2. The lowest BCUT2D eigenvalue weighted by molar-refractivity contribution is 0.119. The summed E-state index contributed by atoms with van der Waals surface area (Å²) >= 11 is 9.30. The summed E-state index contributed by atoms with van der Waals surface area (Å²) in [6.45, 7) is 3.08. The van der Waals surface area contributed by atoms with Crippen LogP contribution in [0.1, 0.15) is 25.2 Å². The Morgan fingerprint density at radius 2 is 2.30 bits per heavy atom. The summed E-state index contributed by atoms with van der Waals surface area (Å²) in [6, 6.07) is 4.99. The van der Waals surface area contributed by atoms with Crippen LogP contribution in [0, 0.1) is 0 Å². The van der Waals surface area contributed by atoms with Crippen molar-refractivity contribution in [2.75, 3.05) is 13.2 Å². The molecule has 0 bridgehead atoms. The van der Waals surface area contributed by atoms with E-state index in [0.29, 0.717) is 30.0 Å². The molecule has 0 fully saturated rings. The summed E-state index contributed by atoms with van der Waals surface area (Å²) in [5, 5.41) is 4.51. The van der Waals surface area contributed by atoms with Gasteiger partial charge in [-0.15, -0.1) is 0 Å². The second-order valence-corrected chi connectivity index (χ2v) is 5.53. The lowest BCUT2D eigenvalue weighted by Crippen LogP contribution is -2.18. The second-order valence-electron chi connectivity index (χ2n) is 4.27. The molecular weight excluding hydrogens is 346 g/mol. The van der Waals surface area contributed by atoms with Gasteiger partial charge in [-0.3, -0.25) is 0 Å². The molecule has 1 unspecified atom stereocenters. The third-order valence-electron chi connectivity index (χ3n) is 2.59. The fraction of sp³-hybridized carbons (Fsp3) is 0.385. The summed E-state index contributed by atoms with van der Waals surface area (Å²) in [5.41, 5.74) is 6.72. The van der Waals surface area contributed by atoms with E-state index in [4.69, 9.17) is 26.6 Å². The number of halogens is 2. The fourth-order valence-electron chi connectivity index (χ4n) is 1.56. The van der Waals surface area contributed by atoms with Crippen LogP contribution in [-0.4, -0.2) is 23.4 Å². The Balaban J connectivity index is 2.09. The van der Waals surface area contributed by atoms with Crippen LogP contribution in [0.25, 0.3) is 11.5 Å². The van der Waals surface area contributed by atoms with Crippen molar-refractivity contribution in [2.45, 2.75) is 19.4 Å². The quantitative estimate of drug-likeness (QED) is 0.797. The second kappa shape index (κ2) is 7.17. The average Bonchev–Trinajstić information content (AvgIpc) is 2.92. The summed E-state index contributed by atoms with van der Waals surface area (Å²) in [6.07, 6.45) is 0.947. The van der Waals surface area contributed by atoms with Crippen LogP contribution in [0.3, 0.4) is 0 Å². The maximum Gasteiger partial charge on any atom is 0.258 e. The predicted molar refractivity (Wildman–Crippen MR) is 80.5 cm³/mol. The zero-order valence-electron chi connectivity index (χ0n) is 11.0. The van der Waals surface area contributed by atoms with E-state index < -0.39 is 6.04 Å². The van der Waals surface area contributed by atoms with Gasteiger partial charge in [0.15, 0.2) is 5.82 Å². The molecule has 2 aromatic rings. The van der Waals surface area contributed by atoms with Gasteiger partial charge in [-0.25, -0.2) is 0 Å². The number of aromatic nitrogens is 2. The average molecular weight is 361 g/mol. The van der Waals surface area contributed by atoms with Crippen LogP contribution >= 0.6 is 27.5 Å². The van der Waals surface area contributed by atoms with Gasteiger partial charge in [-0.05, 0) is 40.5 Å². The Kier molecular flexibility index (Phi) is 5.54. The molecule has 7 heteroatoms. The minimum Gasteiger partial charge on any atom is -0.379 e. The van der Waals surface area contributed by atoms with Gasteiger partial charge in [-0.2, -0.15) is 4.98 Å². The highest BCUT2D eigenvalue weighted by Crippen LogP contribution is 2.28. The van der Waals surface area contributed by atoms with Crippen molar-refractivity contribution < 1.29 is 9.26 Å². The molecule has 0 aliphatic heterocycles. The van der Waals surface area contributed by atoms with Crippen LogP contribution in [0.4, 0.5) is 0 Å². The molecule has 0 aliphatic rings. The van der Waals surface area contributed by atoms with Gasteiger partial charge in [0.1, 0.15) is 0 Å². The van der Waals surface area contributed by atoms with E-state index in [1.165, 1.54) is 0 Å². The molecule has 20 heavy (non-hydrogen) atoms. The number of nitrogens with two attached hydrogens (primary N) is 1. The van der Waals surface area contributed by atoms with Crippen molar-refractivity contribution in [3.05, 3.63) is 33.5 Å². The van der Waals surface area contributed by atoms with Gasteiger partial charge in [0.25, 0.3) is 5.89 Å². The zero-order valence-corrected chi connectivity index (χ0v) is 13.3. The van der Waals surface area contributed by atoms with Crippen molar-refractivity contribution in [3.8, 4) is 11.5 Å². The first-order chi connectivity index (χ1) is 9.61. The molecule has 5 nitrogen and oxygen atoms in total. The first kappa shape index (κ1) is 15.4. The number of hydrogen-bond donors (Lipinski definition) is 1. The van der Waals surface area contributed by atoms with Crippen molar-refractivity contribution in [3.63, 3.8) is 0 Å². The number of hydrogen-bond acceptors (Lipinski definition) is 5. The van der Waals surface area contributed by atoms with Gasteiger partial charge in [-0.1, -0.05) is 23.7 Å². The van der Waals surface area contributed by atoms with Crippen molar-refractivity contribution in [2.24, 2.45) is 5.73 Å². The minimum atomic E-state index is -0.394. The molecule has 108 valence electrons. The molecule has 0 spiro atoms. The highest BCUT2D eigenvalue weighted by atomic mass is 79.9. The molecule has 1 aromatic carbocycles. The molecule has 2 rings (SSSR count). The Bertz CT molecular complexity index is 576. The molecule has 0 saturated carbocycles. The third kappa shape index (κ3) is 3.79. The summed E-state index contributed by atoms with van der Waals surface area (Å²) < 4.78 is 11.4. The van der Waals surface area contributed by atoms with Crippen LogP contribution < -0.4 is 5.73 Å². The monoisotopic (exact) mass is 359 g/mol. The minimum absolute atomic E-state index is 0.372. The number of ether oxygens (including phenoxy) is 1. The van der Waals surface area contributed by atoms with Gasteiger partial charge in [0.2, 0.25) is 0 Å². The lowest BCUT2D eigenvalue weighted by atomic mass is 10.2. The number of benzene rings is 1. The van der Waals surface area contributed by atoms with E-state index in [0.717, 1.165) is 16.5 Å². The van der Waals surface area contributed by atoms with Crippen LogP contribution in [-0.2, 0) is 4.74 Å². The summed E-state index contributed by atoms with van der Waals surface area (Å²) in [7, 11) is 0. The molecule has 0 saturated heterocycles. The van der Waals surface area contributed by atoms with Gasteiger partial charge in [0.05, 0.1) is 17.7 Å². The lowest BCUT2D eigenvalue weighted by Gasteiger charge is -2.06. The Hall–Kier alpha value is -0.950. The normalized spacial score (nSPS) is 12.6. The Morgan fingerprint density at radius 1 is 1.50 bits per heavy atom. The van der Waals surface area contributed by atoms with Crippen molar-refractivity contribution in [1.29, 1.82) is 0 Å². The molecule has 0 radical (unpaired) electrons. The smallest absolute Gasteiger partial charge is 0.258 e. The highest BCUT2D eigenvalue weighted by molar-refractivity contribution is 9.10. The topological polar surface area (TPSA) is 74.2 Å². The number of rotatable bonds is 6. The van der Waals surface area contributed by atoms with E-state index >= 15 is 0 Å². The molecule has 2 N–H and O–H groups in total. The van der Waals surface area contributed by atoms with Crippen molar-refractivity contribution in [1.82, 2.24) is 10.1 Å². The Labute approximate surface area is 130 Å². The maximum atomic E-state index is 5.94. The van der Waals surface area contributed by atoms with Gasteiger partial charge < -0.3 is 15.0 Å². The molecule has 1 aromatic heterocycles. The van der Waals surface area contributed by atoms with E-state index in [1.807, 2.05) is 19.1 Å². The Morgan fingerprint density at radius 3 is 3.00 bits per heavy atom. The molecule has 1 atom stereocenters. The summed E-state index contributed by atoms with van der Waals surface area (Å²) in [5.74, 6) is 0.838. The van der Waals surface area contributed by atoms with E-state index in [-0.39, 0.29) is 0 Å². The fourth-order valence-corrected chi connectivity index (χ4v) is 2.06. The largest absolute Gasteiger partial charge is 0.379 e. The van der Waals surface area contributed by atoms with E-state index in [2.05, 4.69) is 26.1 Å². The van der Waals surface area contributed by atoms with E-state index in [9.17, 15) is 0 Å². The van der Waals surface area contributed by atoms with E-state index in [1.54, 1.807) is 6.07 Å². The van der Waals surface area contributed by atoms with Crippen molar-refractivity contribution >= 4 is 27.5 Å². The zero-order chi connectivity index (χ0) is 14.5. The molecule has 0 aliphatic carbocycles. The molecule has 0 amide bonds.